The van der Waals surface area contributed by atoms with Crippen LogP contribution in [0.4, 0.5) is 0 Å². The van der Waals surface area contributed by atoms with Crippen molar-refractivity contribution in [1.29, 1.82) is 0 Å². The van der Waals surface area contributed by atoms with E-state index in [4.69, 9.17) is 4.52 Å². The molecule has 6 nitrogen and oxygen atoms in total. The van der Waals surface area contributed by atoms with Crippen LogP contribution in [0.15, 0.2) is 38.3 Å². The van der Waals surface area contributed by atoms with E-state index in [0.717, 1.165) is 17.0 Å². The van der Waals surface area contributed by atoms with E-state index in [0.29, 0.717) is 24.7 Å². The van der Waals surface area contributed by atoms with Gasteiger partial charge in [0.15, 0.2) is 11.8 Å². The first kappa shape index (κ1) is 22.1. The molecule has 0 unspecified atom stereocenters. The summed E-state index contributed by atoms with van der Waals surface area (Å²) in [7, 11) is 1.80. The van der Waals surface area contributed by atoms with E-state index in [1.807, 2.05) is 6.92 Å². The van der Waals surface area contributed by atoms with E-state index < -0.39 is 0 Å². The summed E-state index contributed by atoms with van der Waals surface area (Å²) in [6.45, 7) is 3.41. The Labute approximate surface area is 186 Å². The highest BCUT2D eigenvalue weighted by Crippen LogP contribution is 2.40. The summed E-state index contributed by atoms with van der Waals surface area (Å²) in [5, 5.41) is 10.7. The zero-order valence-electron chi connectivity index (χ0n) is 15.8. The van der Waals surface area contributed by atoms with Gasteiger partial charge in [-0.2, -0.15) is 4.98 Å². The van der Waals surface area contributed by atoms with Crippen molar-refractivity contribution in [3.05, 3.63) is 46.0 Å². The lowest BCUT2D eigenvalue weighted by Crippen LogP contribution is -2.45. The van der Waals surface area contributed by atoms with E-state index in [9.17, 15) is 0 Å². The predicted molar refractivity (Wildman–Crippen MR) is 122 cm³/mol. The number of halogens is 2. The molecule has 0 saturated heterocycles. The SMILES string of the molecule is CN=C(NCCc1nc(C)no1)NCC1(c2ccc(Br)cc2)CCCC1.I. The van der Waals surface area contributed by atoms with Gasteiger partial charge in [-0.1, -0.05) is 46.1 Å². The fraction of sp³-hybridized carbons (Fsp3) is 0.526. The lowest BCUT2D eigenvalue weighted by atomic mass is 9.79. The quantitative estimate of drug-likeness (QED) is 0.325. The van der Waals surface area contributed by atoms with Crippen LogP contribution in [0.3, 0.4) is 0 Å². The Morgan fingerprint density at radius 3 is 2.52 bits per heavy atom. The Morgan fingerprint density at radius 2 is 1.93 bits per heavy atom. The Morgan fingerprint density at radius 1 is 1.22 bits per heavy atom. The smallest absolute Gasteiger partial charge is 0.228 e. The minimum absolute atomic E-state index is 0. The summed E-state index contributed by atoms with van der Waals surface area (Å²) >= 11 is 3.53. The summed E-state index contributed by atoms with van der Waals surface area (Å²) in [4.78, 5) is 8.56. The number of hydrogen-bond acceptors (Lipinski definition) is 4. The van der Waals surface area contributed by atoms with Gasteiger partial charge < -0.3 is 15.2 Å². The van der Waals surface area contributed by atoms with Crippen LogP contribution >= 0.6 is 39.9 Å². The number of benzene rings is 1. The Kier molecular flexibility index (Phi) is 8.53. The van der Waals surface area contributed by atoms with Gasteiger partial charge in [0.25, 0.3) is 0 Å². The van der Waals surface area contributed by atoms with E-state index in [-0.39, 0.29) is 29.4 Å². The largest absolute Gasteiger partial charge is 0.356 e. The fourth-order valence-corrected chi connectivity index (χ4v) is 3.89. The van der Waals surface area contributed by atoms with Gasteiger partial charge in [0.1, 0.15) is 0 Å². The van der Waals surface area contributed by atoms with Gasteiger partial charge in [-0.15, -0.1) is 24.0 Å². The van der Waals surface area contributed by atoms with Gasteiger partial charge in [0.2, 0.25) is 5.89 Å². The van der Waals surface area contributed by atoms with Crippen molar-refractivity contribution in [3.8, 4) is 0 Å². The van der Waals surface area contributed by atoms with Gasteiger partial charge >= 0.3 is 0 Å². The molecule has 1 fully saturated rings. The molecule has 1 aliphatic rings. The second-order valence-corrected chi connectivity index (χ2v) is 7.75. The molecule has 1 saturated carbocycles. The summed E-state index contributed by atoms with van der Waals surface area (Å²) in [5.41, 5.74) is 1.59. The number of nitrogens with zero attached hydrogens (tertiary/aromatic N) is 3. The molecule has 1 heterocycles. The number of aryl methyl sites for hydroxylation is 1. The van der Waals surface area contributed by atoms with E-state index in [1.54, 1.807) is 7.05 Å². The molecule has 1 aromatic heterocycles. The lowest BCUT2D eigenvalue weighted by molar-refractivity contribution is 0.374. The molecule has 2 N–H and O–H groups in total. The molecule has 8 heteroatoms. The first-order valence-corrected chi connectivity index (χ1v) is 9.90. The summed E-state index contributed by atoms with van der Waals surface area (Å²) < 4.78 is 6.26. The van der Waals surface area contributed by atoms with Gasteiger partial charge in [-0.3, -0.25) is 4.99 Å². The molecule has 1 aliphatic carbocycles. The maximum atomic E-state index is 5.14. The highest BCUT2D eigenvalue weighted by molar-refractivity contribution is 14.0. The van der Waals surface area contributed by atoms with E-state index >= 15 is 0 Å². The molecule has 0 atom stereocenters. The molecule has 0 amide bonds. The summed E-state index contributed by atoms with van der Waals surface area (Å²) in [5.74, 6) is 2.12. The highest BCUT2D eigenvalue weighted by atomic mass is 127. The standard InChI is InChI=1S/C19H26BrN5O.HI/c1-14-24-17(26-25-14)9-12-22-18(21-2)23-13-19(10-3-4-11-19)15-5-7-16(20)8-6-15;/h5-8H,3-4,9-13H2,1-2H3,(H2,21,22,23);1H. The van der Waals surface area contributed by atoms with Crippen molar-refractivity contribution in [2.24, 2.45) is 4.99 Å². The van der Waals surface area contributed by atoms with Crippen LogP contribution in [-0.2, 0) is 11.8 Å². The Bertz CT molecular complexity index is 741. The molecule has 0 bridgehead atoms. The van der Waals surface area contributed by atoms with Gasteiger partial charge in [0, 0.05) is 36.4 Å². The first-order chi connectivity index (χ1) is 12.6. The first-order valence-electron chi connectivity index (χ1n) is 9.11. The zero-order chi connectivity index (χ0) is 18.4. The normalized spacial score (nSPS) is 16.0. The molecule has 148 valence electrons. The molecular formula is C19H27BrIN5O. The molecule has 3 rings (SSSR count). The monoisotopic (exact) mass is 547 g/mol. The van der Waals surface area contributed by atoms with Crippen molar-refractivity contribution in [3.63, 3.8) is 0 Å². The van der Waals surface area contributed by atoms with Gasteiger partial charge in [-0.25, -0.2) is 0 Å². The molecule has 0 aliphatic heterocycles. The topological polar surface area (TPSA) is 75.3 Å². The third-order valence-corrected chi connectivity index (χ3v) is 5.56. The number of aliphatic imine (C=N–C) groups is 1. The minimum atomic E-state index is 0. The number of aromatic nitrogens is 2. The zero-order valence-corrected chi connectivity index (χ0v) is 19.7. The maximum Gasteiger partial charge on any atom is 0.228 e. The highest BCUT2D eigenvalue weighted by Gasteiger charge is 2.35. The van der Waals surface area contributed by atoms with Crippen LogP contribution < -0.4 is 10.6 Å². The lowest BCUT2D eigenvalue weighted by Gasteiger charge is -2.31. The second kappa shape index (κ2) is 10.4. The minimum Gasteiger partial charge on any atom is -0.356 e. The van der Waals surface area contributed by atoms with Crippen molar-refractivity contribution < 1.29 is 4.52 Å². The molecule has 0 spiro atoms. The van der Waals surface area contributed by atoms with Crippen LogP contribution in [0.2, 0.25) is 0 Å². The van der Waals surface area contributed by atoms with Gasteiger partial charge in [0.05, 0.1) is 0 Å². The predicted octanol–water partition coefficient (Wildman–Crippen LogP) is 3.98. The van der Waals surface area contributed by atoms with Crippen molar-refractivity contribution in [2.45, 2.75) is 44.4 Å². The molecule has 1 aromatic carbocycles. The third kappa shape index (κ3) is 5.91. The fourth-order valence-electron chi connectivity index (χ4n) is 3.63. The Balaban J connectivity index is 0.00000261. The molecular weight excluding hydrogens is 521 g/mol. The van der Waals surface area contributed by atoms with Crippen LogP contribution in [0.5, 0.6) is 0 Å². The van der Waals surface area contributed by atoms with Crippen LogP contribution in [0.25, 0.3) is 0 Å². The van der Waals surface area contributed by atoms with Crippen molar-refractivity contribution >= 4 is 45.9 Å². The van der Waals surface area contributed by atoms with Crippen LogP contribution in [0, 0.1) is 6.92 Å². The average Bonchev–Trinajstić information content (AvgIpc) is 3.28. The van der Waals surface area contributed by atoms with Crippen molar-refractivity contribution in [2.75, 3.05) is 20.1 Å². The number of hydrogen-bond donors (Lipinski definition) is 2. The van der Waals surface area contributed by atoms with Crippen LogP contribution in [-0.4, -0.2) is 36.2 Å². The average molecular weight is 548 g/mol. The summed E-state index contributed by atoms with van der Waals surface area (Å²) in [6.07, 6.45) is 5.65. The van der Waals surface area contributed by atoms with Crippen LogP contribution in [0.1, 0.15) is 43.0 Å². The van der Waals surface area contributed by atoms with E-state index in [2.05, 4.69) is 66.0 Å². The maximum absolute atomic E-state index is 5.14. The Hall–Kier alpha value is -1.16. The van der Waals surface area contributed by atoms with Crippen molar-refractivity contribution in [1.82, 2.24) is 20.8 Å². The van der Waals surface area contributed by atoms with Gasteiger partial charge in [-0.05, 0) is 37.5 Å². The molecule has 0 radical (unpaired) electrons. The van der Waals surface area contributed by atoms with E-state index in [1.165, 1.54) is 31.2 Å². The molecule has 2 aromatic rings. The summed E-state index contributed by atoms with van der Waals surface area (Å²) in [6, 6.07) is 8.75. The third-order valence-electron chi connectivity index (χ3n) is 5.04. The molecule has 27 heavy (non-hydrogen) atoms. The number of rotatable bonds is 6. The number of nitrogens with one attached hydrogen (secondary N) is 2. The second-order valence-electron chi connectivity index (χ2n) is 6.83. The number of guanidine groups is 1.